The number of aryl methyl sites for hydroxylation is 1. The number of nitrogens with two attached hydrogens (primary N) is 5. The van der Waals surface area contributed by atoms with Crippen LogP contribution in [-0.4, -0.2) is 47.4 Å². The Kier molecular flexibility index (Phi) is 9.29. The summed E-state index contributed by atoms with van der Waals surface area (Å²) < 4.78 is 0. The minimum absolute atomic E-state index is 0.0501. The number of hydrogen-bond acceptors (Lipinski definition) is 8. The van der Waals surface area contributed by atoms with Gasteiger partial charge in [0.2, 0.25) is 0 Å². The maximum Gasteiger partial charge on any atom is 0.280 e. The van der Waals surface area contributed by atoms with Crippen molar-refractivity contribution in [1.29, 1.82) is 0 Å². The average Bonchev–Trinajstić information content (AvgIpc) is 2.74. The molecule has 1 aromatic carbocycles. The summed E-state index contributed by atoms with van der Waals surface area (Å²) in [5.41, 5.74) is 29.6. The van der Waals surface area contributed by atoms with E-state index in [4.69, 9.17) is 40.3 Å². The first kappa shape index (κ1) is 24.5. The number of guanidine groups is 2. The predicted octanol–water partition coefficient (Wildman–Crippen LogP) is 0.0471. The van der Waals surface area contributed by atoms with Gasteiger partial charge < -0.3 is 34.0 Å². The molecule has 0 saturated heterocycles. The number of nitrogens with one attached hydrogen (secondary N) is 2. The van der Waals surface area contributed by atoms with E-state index in [0.717, 1.165) is 24.9 Å². The van der Waals surface area contributed by atoms with Gasteiger partial charge in [-0.05, 0) is 30.9 Å². The number of benzene rings is 1. The fourth-order valence-electron chi connectivity index (χ4n) is 2.74. The molecule has 0 atom stereocenters. The number of carbonyl (C=O) groups excluding carboxylic acids is 1. The molecule has 13 heteroatoms. The molecule has 1 amide bonds. The van der Waals surface area contributed by atoms with Crippen molar-refractivity contribution in [3.05, 3.63) is 40.7 Å². The van der Waals surface area contributed by atoms with E-state index in [-0.39, 0.29) is 34.4 Å². The first-order valence-electron chi connectivity index (χ1n) is 9.85. The van der Waals surface area contributed by atoms with Gasteiger partial charge in [-0.15, -0.1) is 0 Å². The molecule has 12 N–H and O–H groups in total. The van der Waals surface area contributed by atoms with Crippen LogP contribution < -0.4 is 39.3 Å². The van der Waals surface area contributed by atoms with Crippen LogP contribution in [0.3, 0.4) is 0 Å². The van der Waals surface area contributed by atoms with E-state index in [2.05, 4.69) is 36.7 Å². The summed E-state index contributed by atoms with van der Waals surface area (Å²) in [5.74, 6) is -0.856. The van der Waals surface area contributed by atoms with Gasteiger partial charge in [-0.1, -0.05) is 29.8 Å². The third kappa shape index (κ3) is 7.80. The molecular formula is C19H28ClN11O. The van der Waals surface area contributed by atoms with Gasteiger partial charge in [0, 0.05) is 18.8 Å². The van der Waals surface area contributed by atoms with E-state index in [9.17, 15) is 4.79 Å². The predicted molar refractivity (Wildman–Crippen MR) is 128 cm³/mol. The second-order valence-electron chi connectivity index (χ2n) is 6.70. The van der Waals surface area contributed by atoms with Crippen molar-refractivity contribution in [2.24, 2.45) is 27.2 Å². The highest BCUT2D eigenvalue weighted by Crippen LogP contribution is 2.18. The number of anilines is 3. The standard InChI is InChI=1S/C19H28ClN11O/c20-14-16(22)30-15(21)13(29-14)17(32)31-19(25)28-8-4-3-6-11-5-1-2-7-12(11)26-9-10-27-18(23)24/h1-2,5,7,26H,3-4,6,8-10H2,(H4,21,22,30)(H4,23,24,27)(H3,25,28,31,32). The van der Waals surface area contributed by atoms with Crippen molar-refractivity contribution >= 4 is 46.8 Å². The van der Waals surface area contributed by atoms with Crippen LogP contribution in [0, 0.1) is 0 Å². The van der Waals surface area contributed by atoms with Gasteiger partial charge in [0.1, 0.15) is 0 Å². The Morgan fingerprint density at radius 2 is 1.75 bits per heavy atom. The van der Waals surface area contributed by atoms with Crippen molar-refractivity contribution in [2.45, 2.75) is 19.3 Å². The fourth-order valence-corrected chi connectivity index (χ4v) is 2.86. The number of carbonyl (C=O) groups is 1. The highest BCUT2D eigenvalue weighted by Gasteiger charge is 2.16. The molecule has 2 rings (SSSR count). The summed E-state index contributed by atoms with van der Waals surface area (Å²) in [7, 11) is 0. The first-order chi connectivity index (χ1) is 15.3. The zero-order valence-corrected chi connectivity index (χ0v) is 18.3. The Labute approximate surface area is 190 Å². The highest BCUT2D eigenvalue weighted by atomic mass is 35.5. The number of halogens is 1. The average molecular weight is 462 g/mol. The van der Waals surface area contributed by atoms with Crippen LogP contribution in [0.2, 0.25) is 5.15 Å². The lowest BCUT2D eigenvalue weighted by molar-refractivity contribution is 0.0972. The van der Waals surface area contributed by atoms with Gasteiger partial charge in [-0.3, -0.25) is 20.1 Å². The number of rotatable bonds is 10. The first-order valence-corrected chi connectivity index (χ1v) is 10.2. The monoisotopic (exact) mass is 461 g/mol. The van der Waals surface area contributed by atoms with E-state index in [1.165, 1.54) is 5.56 Å². The lowest BCUT2D eigenvalue weighted by atomic mass is 10.1. The number of amides is 1. The number of aliphatic imine (C=N–C) groups is 2. The second-order valence-corrected chi connectivity index (χ2v) is 7.06. The van der Waals surface area contributed by atoms with Gasteiger partial charge in [0.25, 0.3) is 5.91 Å². The van der Waals surface area contributed by atoms with Crippen molar-refractivity contribution in [1.82, 2.24) is 15.3 Å². The van der Waals surface area contributed by atoms with E-state index in [1.807, 2.05) is 18.2 Å². The van der Waals surface area contributed by atoms with Crippen LogP contribution in [0.25, 0.3) is 0 Å². The number of unbranched alkanes of at least 4 members (excludes halogenated alkanes) is 1. The van der Waals surface area contributed by atoms with E-state index < -0.39 is 5.91 Å². The Balaban J connectivity index is 1.79. The largest absolute Gasteiger partial charge is 0.383 e. The lowest BCUT2D eigenvalue weighted by Gasteiger charge is -2.11. The topological polar surface area (TPSA) is 222 Å². The molecule has 0 aliphatic heterocycles. The second kappa shape index (κ2) is 12.2. The Bertz CT molecular complexity index is 989. The van der Waals surface area contributed by atoms with Gasteiger partial charge >= 0.3 is 0 Å². The molecule has 172 valence electrons. The van der Waals surface area contributed by atoms with Gasteiger partial charge in [-0.2, -0.15) is 0 Å². The molecule has 0 fully saturated rings. The summed E-state index contributed by atoms with van der Waals surface area (Å²) in [6.45, 7) is 1.57. The molecule has 2 aromatic rings. The summed E-state index contributed by atoms with van der Waals surface area (Å²) in [4.78, 5) is 27.9. The summed E-state index contributed by atoms with van der Waals surface area (Å²) in [6, 6.07) is 8.02. The number of hydrogen-bond donors (Lipinski definition) is 7. The van der Waals surface area contributed by atoms with E-state index in [0.29, 0.717) is 19.6 Å². The maximum atomic E-state index is 12.2. The molecule has 0 bridgehead atoms. The number of nitrogens with zero attached hydrogens (tertiary/aromatic N) is 4. The van der Waals surface area contributed by atoms with Gasteiger partial charge in [0.15, 0.2) is 34.4 Å². The molecule has 1 heterocycles. The highest BCUT2D eigenvalue weighted by molar-refractivity contribution is 6.31. The van der Waals surface area contributed by atoms with Crippen molar-refractivity contribution in [3.63, 3.8) is 0 Å². The van der Waals surface area contributed by atoms with E-state index >= 15 is 0 Å². The normalized spacial score (nSPS) is 11.1. The summed E-state index contributed by atoms with van der Waals surface area (Å²) in [6.07, 6.45) is 2.50. The SMILES string of the molecule is NC(N)=NCCNc1ccccc1CCCCN=C(N)NC(=O)c1nc(Cl)c(N)nc1N. The molecule has 32 heavy (non-hydrogen) atoms. The minimum Gasteiger partial charge on any atom is -0.383 e. The molecule has 12 nitrogen and oxygen atoms in total. The van der Waals surface area contributed by atoms with Crippen LogP contribution >= 0.6 is 11.6 Å². The van der Waals surface area contributed by atoms with Crippen molar-refractivity contribution in [3.8, 4) is 0 Å². The zero-order chi connectivity index (χ0) is 23.5. The Hall–Kier alpha value is -3.80. The Morgan fingerprint density at radius 1 is 1.00 bits per heavy atom. The molecule has 0 radical (unpaired) electrons. The Morgan fingerprint density at radius 3 is 2.50 bits per heavy atom. The van der Waals surface area contributed by atoms with Crippen LogP contribution in [0.1, 0.15) is 28.9 Å². The number of nitrogen functional groups attached to an aromatic ring is 2. The quantitative estimate of drug-likeness (QED) is 0.144. The molecule has 0 unspecified atom stereocenters. The number of para-hydroxylation sites is 1. The van der Waals surface area contributed by atoms with Crippen molar-refractivity contribution in [2.75, 3.05) is 36.4 Å². The lowest BCUT2D eigenvalue weighted by Crippen LogP contribution is -2.38. The smallest absolute Gasteiger partial charge is 0.280 e. The van der Waals surface area contributed by atoms with Gasteiger partial charge in [0.05, 0.1) is 6.54 Å². The number of aromatic nitrogens is 2. The van der Waals surface area contributed by atoms with Crippen LogP contribution in [-0.2, 0) is 6.42 Å². The van der Waals surface area contributed by atoms with Crippen molar-refractivity contribution < 1.29 is 4.79 Å². The minimum atomic E-state index is -0.668. The molecule has 0 aliphatic carbocycles. The van der Waals surface area contributed by atoms with E-state index in [1.54, 1.807) is 0 Å². The summed E-state index contributed by atoms with van der Waals surface area (Å²) >= 11 is 5.78. The summed E-state index contributed by atoms with van der Waals surface area (Å²) in [5, 5.41) is 5.61. The third-order valence-electron chi connectivity index (χ3n) is 4.24. The molecule has 0 spiro atoms. The molecule has 1 aromatic heterocycles. The molecular weight excluding hydrogens is 434 g/mol. The van der Waals surface area contributed by atoms with Crippen LogP contribution in [0.4, 0.5) is 17.3 Å². The van der Waals surface area contributed by atoms with Crippen LogP contribution in [0.15, 0.2) is 34.3 Å². The fraction of sp³-hybridized carbons (Fsp3) is 0.316. The molecule has 0 saturated carbocycles. The zero-order valence-electron chi connectivity index (χ0n) is 17.5. The third-order valence-corrected chi connectivity index (χ3v) is 4.52. The van der Waals surface area contributed by atoms with Crippen LogP contribution in [0.5, 0.6) is 0 Å². The molecule has 0 aliphatic rings. The van der Waals surface area contributed by atoms with Gasteiger partial charge in [-0.25, -0.2) is 9.97 Å². The maximum absolute atomic E-state index is 12.2.